The van der Waals surface area contributed by atoms with E-state index in [9.17, 15) is 4.79 Å². The molecular weight excluding hydrogens is 368 g/mol. The quantitative estimate of drug-likeness (QED) is 0.749. The van der Waals surface area contributed by atoms with Crippen molar-refractivity contribution in [3.63, 3.8) is 0 Å². The Hall–Kier alpha value is -2.38. The average Bonchev–Trinajstić information content (AvgIpc) is 2.76. The first-order valence-corrected chi connectivity index (χ1v) is 10.6. The second-order valence-electron chi connectivity index (χ2n) is 7.82. The van der Waals surface area contributed by atoms with Gasteiger partial charge in [-0.15, -0.1) is 0 Å². The number of hydrogen-bond acceptors (Lipinski definition) is 7. The van der Waals surface area contributed by atoms with Gasteiger partial charge in [-0.25, -0.2) is 4.79 Å². The molecule has 29 heavy (non-hydrogen) atoms. The molecule has 2 aromatic rings. The van der Waals surface area contributed by atoms with Crippen LogP contribution in [0.1, 0.15) is 43.0 Å². The van der Waals surface area contributed by atoms with Crippen molar-refractivity contribution in [1.29, 1.82) is 0 Å². The number of carbonyl (C=O) groups excluding carboxylic acids is 1. The highest BCUT2D eigenvalue weighted by Gasteiger charge is 2.23. The van der Waals surface area contributed by atoms with Gasteiger partial charge < -0.3 is 25.4 Å². The molecule has 0 amide bonds. The number of aromatic nitrogens is 1. The molecule has 0 radical (unpaired) electrons. The summed E-state index contributed by atoms with van der Waals surface area (Å²) in [6.07, 6.45) is 5.61. The van der Waals surface area contributed by atoms with Crippen molar-refractivity contribution in [1.82, 2.24) is 4.98 Å². The minimum absolute atomic E-state index is 0.277. The van der Waals surface area contributed by atoms with Gasteiger partial charge in [-0.1, -0.05) is 0 Å². The van der Waals surface area contributed by atoms with Gasteiger partial charge in [-0.2, -0.15) is 0 Å². The molecule has 0 spiro atoms. The Bertz CT molecular complexity index is 859. The number of nitrogens with zero attached hydrogens (tertiary/aromatic N) is 2. The number of anilines is 2. The molecule has 4 rings (SSSR count). The van der Waals surface area contributed by atoms with E-state index in [1.165, 1.54) is 0 Å². The number of benzene rings is 1. The van der Waals surface area contributed by atoms with Crippen molar-refractivity contribution in [3.8, 4) is 0 Å². The normalized spacial score (nSPS) is 22.5. The van der Waals surface area contributed by atoms with Crippen LogP contribution in [-0.2, 0) is 9.47 Å². The molecule has 0 unspecified atom stereocenters. The average molecular weight is 399 g/mol. The van der Waals surface area contributed by atoms with Crippen LogP contribution in [0, 0.1) is 0 Å². The molecule has 1 saturated heterocycles. The second kappa shape index (κ2) is 8.97. The number of carbonyl (C=O) groups is 1. The number of nitrogens with two attached hydrogens (primary N) is 1. The summed E-state index contributed by atoms with van der Waals surface area (Å²) in [5, 5.41) is 4.60. The van der Waals surface area contributed by atoms with Crippen molar-refractivity contribution in [2.24, 2.45) is 5.73 Å². The smallest absolute Gasteiger partial charge is 0.341 e. The van der Waals surface area contributed by atoms with Crippen molar-refractivity contribution in [2.45, 2.75) is 44.7 Å². The Kier molecular flexibility index (Phi) is 6.16. The van der Waals surface area contributed by atoms with Gasteiger partial charge in [-0.05, 0) is 50.8 Å². The first-order valence-electron chi connectivity index (χ1n) is 10.6. The van der Waals surface area contributed by atoms with Gasteiger partial charge in [0.05, 0.1) is 31.0 Å². The summed E-state index contributed by atoms with van der Waals surface area (Å²) in [7, 11) is 0. The SMILES string of the molecule is CCOC(=O)c1cnc2ccc(N3CCOCC3)cc2c1N[C@H]1CC[C@H](N)CC1. The molecule has 7 heteroatoms. The molecule has 1 aromatic carbocycles. The third-order valence-corrected chi connectivity index (χ3v) is 5.84. The van der Waals surface area contributed by atoms with Gasteiger partial charge in [0.2, 0.25) is 0 Å². The fourth-order valence-corrected chi connectivity index (χ4v) is 4.19. The fraction of sp³-hybridized carbons (Fsp3) is 0.545. The van der Waals surface area contributed by atoms with E-state index in [2.05, 4.69) is 27.3 Å². The lowest BCUT2D eigenvalue weighted by atomic mass is 9.91. The number of fused-ring (bicyclic) bond motifs is 1. The first-order chi connectivity index (χ1) is 14.2. The predicted molar refractivity (Wildman–Crippen MR) is 115 cm³/mol. The number of pyridine rings is 1. The Morgan fingerprint density at radius 2 is 2.03 bits per heavy atom. The van der Waals surface area contributed by atoms with Gasteiger partial charge >= 0.3 is 5.97 Å². The van der Waals surface area contributed by atoms with E-state index in [1.807, 2.05) is 13.0 Å². The molecule has 0 bridgehead atoms. The maximum absolute atomic E-state index is 12.6. The molecule has 1 aliphatic heterocycles. The van der Waals surface area contributed by atoms with Crippen LogP contribution < -0.4 is 16.0 Å². The van der Waals surface area contributed by atoms with Crippen LogP contribution in [0.15, 0.2) is 24.4 Å². The zero-order chi connectivity index (χ0) is 20.2. The van der Waals surface area contributed by atoms with Gasteiger partial charge in [0.1, 0.15) is 5.56 Å². The summed E-state index contributed by atoms with van der Waals surface area (Å²) in [6, 6.07) is 6.82. The highest BCUT2D eigenvalue weighted by Crippen LogP contribution is 2.33. The number of rotatable bonds is 5. The van der Waals surface area contributed by atoms with E-state index in [4.69, 9.17) is 15.2 Å². The minimum Gasteiger partial charge on any atom is -0.462 e. The van der Waals surface area contributed by atoms with Crippen LogP contribution in [0.4, 0.5) is 11.4 Å². The van der Waals surface area contributed by atoms with E-state index in [0.717, 1.165) is 74.3 Å². The van der Waals surface area contributed by atoms with E-state index in [-0.39, 0.29) is 12.0 Å². The first kappa shape index (κ1) is 19.9. The number of morpholine rings is 1. The minimum atomic E-state index is -0.339. The summed E-state index contributed by atoms with van der Waals surface area (Å²) >= 11 is 0. The molecule has 7 nitrogen and oxygen atoms in total. The van der Waals surface area contributed by atoms with Crippen LogP contribution in [0.2, 0.25) is 0 Å². The largest absolute Gasteiger partial charge is 0.462 e. The van der Waals surface area contributed by atoms with Gasteiger partial charge in [-0.3, -0.25) is 4.98 Å². The van der Waals surface area contributed by atoms with Gasteiger partial charge in [0, 0.05) is 42.4 Å². The molecule has 3 N–H and O–H groups in total. The van der Waals surface area contributed by atoms with Crippen LogP contribution in [0.5, 0.6) is 0 Å². The van der Waals surface area contributed by atoms with Gasteiger partial charge in [0.15, 0.2) is 0 Å². The molecule has 0 atom stereocenters. The monoisotopic (exact) mass is 398 g/mol. The Balaban J connectivity index is 1.73. The van der Waals surface area contributed by atoms with Crippen molar-refractivity contribution >= 4 is 28.2 Å². The highest BCUT2D eigenvalue weighted by molar-refractivity contribution is 6.05. The topological polar surface area (TPSA) is 89.7 Å². The maximum Gasteiger partial charge on any atom is 0.341 e. The number of ether oxygens (including phenoxy) is 2. The van der Waals surface area contributed by atoms with Crippen LogP contribution >= 0.6 is 0 Å². The molecule has 1 aromatic heterocycles. The van der Waals surface area contributed by atoms with E-state index < -0.39 is 0 Å². The number of nitrogens with one attached hydrogen (secondary N) is 1. The highest BCUT2D eigenvalue weighted by atomic mass is 16.5. The lowest BCUT2D eigenvalue weighted by Crippen LogP contribution is -2.36. The van der Waals surface area contributed by atoms with Crippen molar-refractivity contribution < 1.29 is 14.3 Å². The van der Waals surface area contributed by atoms with Crippen LogP contribution in [0.3, 0.4) is 0 Å². The summed E-state index contributed by atoms with van der Waals surface area (Å²) in [4.78, 5) is 19.5. The van der Waals surface area contributed by atoms with E-state index in [0.29, 0.717) is 18.2 Å². The summed E-state index contributed by atoms with van der Waals surface area (Å²) in [5.74, 6) is -0.339. The van der Waals surface area contributed by atoms with E-state index >= 15 is 0 Å². The Morgan fingerprint density at radius 3 is 2.76 bits per heavy atom. The maximum atomic E-state index is 12.6. The third kappa shape index (κ3) is 4.46. The zero-order valence-electron chi connectivity index (χ0n) is 17.0. The zero-order valence-corrected chi connectivity index (χ0v) is 17.0. The summed E-state index contributed by atoms with van der Waals surface area (Å²) in [5.41, 5.74) is 9.38. The molecule has 1 saturated carbocycles. The van der Waals surface area contributed by atoms with Gasteiger partial charge in [0.25, 0.3) is 0 Å². The number of hydrogen-bond donors (Lipinski definition) is 2. The lowest BCUT2D eigenvalue weighted by Gasteiger charge is -2.30. The molecule has 156 valence electrons. The summed E-state index contributed by atoms with van der Waals surface area (Å²) < 4.78 is 10.8. The fourth-order valence-electron chi connectivity index (χ4n) is 4.19. The molecular formula is C22H30N4O3. The van der Waals surface area contributed by atoms with Crippen molar-refractivity contribution in [2.75, 3.05) is 43.1 Å². The second-order valence-corrected chi connectivity index (χ2v) is 7.82. The third-order valence-electron chi connectivity index (χ3n) is 5.84. The Labute approximate surface area is 171 Å². The molecule has 2 heterocycles. The number of esters is 1. The molecule has 2 fully saturated rings. The predicted octanol–water partition coefficient (Wildman–Crippen LogP) is 2.93. The van der Waals surface area contributed by atoms with Crippen LogP contribution in [-0.4, -0.2) is 55.9 Å². The van der Waals surface area contributed by atoms with E-state index in [1.54, 1.807) is 6.20 Å². The summed E-state index contributed by atoms with van der Waals surface area (Å²) in [6.45, 7) is 5.33. The molecule has 2 aliphatic rings. The standard InChI is InChI=1S/C22H30N4O3/c1-2-29-22(27)19-14-24-20-8-7-17(26-9-11-28-12-10-26)13-18(20)21(19)25-16-5-3-15(23)4-6-16/h7-8,13-16H,2-6,9-12,23H2,1H3,(H,24,25)/t15-,16-. The van der Waals surface area contributed by atoms with Crippen molar-refractivity contribution in [3.05, 3.63) is 30.0 Å². The lowest BCUT2D eigenvalue weighted by molar-refractivity contribution is 0.0527. The molecule has 1 aliphatic carbocycles. The van der Waals surface area contributed by atoms with Crippen LogP contribution in [0.25, 0.3) is 10.9 Å². The Morgan fingerprint density at radius 1 is 1.28 bits per heavy atom.